The maximum absolute atomic E-state index is 6.76. The van der Waals surface area contributed by atoms with Crippen LogP contribution in [0.3, 0.4) is 0 Å². The molecule has 1 heteroatoms. The number of fused-ring (bicyclic) bond motifs is 1. The molecule has 1 aromatic heterocycles. The van der Waals surface area contributed by atoms with Crippen LogP contribution < -0.4 is 0 Å². The summed E-state index contributed by atoms with van der Waals surface area (Å²) < 4.78 is 6.76. The van der Waals surface area contributed by atoms with Gasteiger partial charge in [0.1, 0.15) is 11.5 Å². The van der Waals surface area contributed by atoms with Crippen LogP contribution in [0.1, 0.15) is 0 Å². The van der Waals surface area contributed by atoms with E-state index in [0.29, 0.717) is 0 Å². The van der Waals surface area contributed by atoms with Gasteiger partial charge in [-0.3, -0.25) is 0 Å². The first-order chi connectivity index (χ1) is 16.4. The molecule has 156 valence electrons. The molecule has 6 aromatic rings. The lowest BCUT2D eigenvalue weighted by molar-refractivity contribution is 0.602. The van der Waals surface area contributed by atoms with Crippen LogP contribution in [0.2, 0.25) is 0 Å². The lowest BCUT2D eigenvalue weighted by Crippen LogP contribution is -1.89. The van der Waals surface area contributed by atoms with E-state index in [0.717, 1.165) is 44.5 Å². The van der Waals surface area contributed by atoms with E-state index in [1.54, 1.807) is 0 Å². The van der Waals surface area contributed by atoms with Crippen LogP contribution >= 0.6 is 0 Å². The van der Waals surface area contributed by atoms with Gasteiger partial charge in [-0.05, 0) is 22.3 Å². The van der Waals surface area contributed by atoms with Gasteiger partial charge in [0.2, 0.25) is 0 Å². The SMILES string of the molecule is c1ccc(-c2cccc(-c3ccccc3)c2-c2oc(-c3ccccc3)c3ccccc23)cc1. The molecule has 0 saturated carbocycles. The highest BCUT2D eigenvalue weighted by Crippen LogP contribution is 2.46. The van der Waals surface area contributed by atoms with Crippen LogP contribution in [0.4, 0.5) is 0 Å². The van der Waals surface area contributed by atoms with Gasteiger partial charge in [0.25, 0.3) is 0 Å². The Morgan fingerprint density at radius 1 is 0.333 bits per heavy atom. The minimum atomic E-state index is 0.905. The van der Waals surface area contributed by atoms with E-state index in [9.17, 15) is 0 Å². The van der Waals surface area contributed by atoms with Crippen molar-refractivity contribution in [1.29, 1.82) is 0 Å². The number of hydrogen-bond donors (Lipinski definition) is 0. The van der Waals surface area contributed by atoms with Gasteiger partial charge in [-0.25, -0.2) is 0 Å². The molecule has 0 saturated heterocycles. The summed E-state index contributed by atoms with van der Waals surface area (Å²) >= 11 is 0. The molecule has 5 aromatic carbocycles. The molecule has 0 amide bonds. The number of furan rings is 1. The summed E-state index contributed by atoms with van der Waals surface area (Å²) in [5.41, 5.74) is 6.87. The molecular formula is C32H22O. The molecule has 0 bridgehead atoms. The Bertz CT molecular complexity index is 1470. The second kappa shape index (κ2) is 8.29. The van der Waals surface area contributed by atoms with E-state index in [4.69, 9.17) is 4.42 Å². The molecule has 1 nitrogen and oxygen atoms in total. The molecule has 0 spiro atoms. The Labute approximate surface area is 193 Å². The third kappa shape index (κ3) is 3.44. The molecule has 0 aliphatic carbocycles. The Hall–Kier alpha value is -4.36. The Morgan fingerprint density at radius 2 is 0.758 bits per heavy atom. The average molecular weight is 423 g/mol. The van der Waals surface area contributed by atoms with Crippen LogP contribution in [-0.2, 0) is 0 Å². The standard InChI is InChI=1S/C32H22O/c1-4-13-23(14-5-1)26-21-12-22-27(24-15-6-2-7-16-24)30(26)32-29-20-11-10-19-28(29)31(33-32)25-17-8-3-9-18-25/h1-22H. The third-order valence-electron chi connectivity index (χ3n) is 6.12. The van der Waals surface area contributed by atoms with Crippen molar-refractivity contribution in [2.45, 2.75) is 0 Å². The van der Waals surface area contributed by atoms with Crippen molar-refractivity contribution in [2.75, 3.05) is 0 Å². The predicted molar refractivity (Wildman–Crippen MR) is 138 cm³/mol. The molecule has 0 fully saturated rings. The summed E-state index contributed by atoms with van der Waals surface area (Å²) in [6.07, 6.45) is 0. The van der Waals surface area contributed by atoms with Gasteiger partial charge in [0.15, 0.2) is 0 Å². The zero-order chi connectivity index (χ0) is 22.0. The highest BCUT2D eigenvalue weighted by Gasteiger charge is 2.22. The maximum atomic E-state index is 6.76. The summed E-state index contributed by atoms with van der Waals surface area (Å²) in [4.78, 5) is 0. The van der Waals surface area contributed by atoms with Gasteiger partial charge in [-0.1, -0.05) is 133 Å². The normalized spacial score (nSPS) is 11.0. The zero-order valence-electron chi connectivity index (χ0n) is 18.1. The van der Waals surface area contributed by atoms with Gasteiger partial charge in [0, 0.05) is 21.9 Å². The molecule has 0 aliphatic heterocycles. The smallest absolute Gasteiger partial charge is 0.143 e. The molecule has 0 atom stereocenters. The summed E-state index contributed by atoms with van der Waals surface area (Å²) in [6, 6.07) is 46.5. The Kier molecular flexibility index (Phi) is 4.86. The Morgan fingerprint density at radius 3 is 1.27 bits per heavy atom. The largest absolute Gasteiger partial charge is 0.455 e. The minimum absolute atomic E-state index is 0.905. The zero-order valence-corrected chi connectivity index (χ0v) is 18.1. The van der Waals surface area contributed by atoms with E-state index < -0.39 is 0 Å². The van der Waals surface area contributed by atoms with Gasteiger partial charge < -0.3 is 4.42 Å². The quantitative estimate of drug-likeness (QED) is 0.276. The summed E-state index contributed by atoms with van der Waals surface area (Å²) in [5.74, 6) is 1.81. The number of hydrogen-bond acceptors (Lipinski definition) is 1. The first-order valence-electron chi connectivity index (χ1n) is 11.2. The monoisotopic (exact) mass is 422 g/mol. The Balaban J connectivity index is 1.71. The molecule has 1 heterocycles. The van der Waals surface area contributed by atoms with Gasteiger partial charge in [-0.15, -0.1) is 0 Å². The lowest BCUT2D eigenvalue weighted by Gasteiger charge is -2.15. The van der Waals surface area contributed by atoms with Crippen LogP contribution in [-0.4, -0.2) is 0 Å². The fourth-order valence-electron chi connectivity index (χ4n) is 4.59. The van der Waals surface area contributed by atoms with Crippen LogP contribution in [0.25, 0.3) is 55.7 Å². The van der Waals surface area contributed by atoms with Crippen molar-refractivity contribution in [1.82, 2.24) is 0 Å². The van der Waals surface area contributed by atoms with E-state index in [2.05, 4.69) is 127 Å². The fraction of sp³-hybridized carbons (Fsp3) is 0. The summed E-state index contributed by atoms with van der Waals surface area (Å²) in [6.45, 7) is 0. The maximum Gasteiger partial charge on any atom is 0.143 e. The molecule has 6 rings (SSSR count). The molecule has 0 aliphatic rings. The van der Waals surface area contributed by atoms with Crippen LogP contribution in [0, 0.1) is 0 Å². The third-order valence-corrected chi connectivity index (χ3v) is 6.12. The summed E-state index contributed by atoms with van der Waals surface area (Å²) in [5, 5.41) is 2.25. The van der Waals surface area contributed by atoms with Gasteiger partial charge in [-0.2, -0.15) is 0 Å². The van der Waals surface area contributed by atoms with Crippen molar-refractivity contribution in [3.63, 3.8) is 0 Å². The lowest BCUT2D eigenvalue weighted by atomic mass is 9.89. The topological polar surface area (TPSA) is 13.1 Å². The van der Waals surface area contributed by atoms with E-state index in [1.807, 2.05) is 6.07 Å². The van der Waals surface area contributed by atoms with Crippen molar-refractivity contribution in [2.24, 2.45) is 0 Å². The van der Waals surface area contributed by atoms with E-state index in [1.165, 1.54) is 11.1 Å². The van der Waals surface area contributed by atoms with Gasteiger partial charge >= 0.3 is 0 Å². The molecule has 0 radical (unpaired) electrons. The number of rotatable bonds is 4. The fourth-order valence-corrected chi connectivity index (χ4v) is 4.59. The van der Waals surface area contributed by atoms with E-state index in [-0.39, 0.29) is 0 Å². The van der Waals surface area contributed by atoms with Crippen molar-refractivity contribution in [3.05, 3.63) is 133 Å². The first kappa shape index (κ1) is 19.3. The first-order valence-corrected chi connectivity index (χ1v) is 11.2. The minimum Gasteiger partial charge on any atom is -0.455 e. The number of benzene rings is 5. The second-order valence-corrected chi connectivity index (χ2v) is 8.13. The highest BCUT2D eigenvalue weighted by molar-refractivity contribution is 6.07. The van der Waals surface area contributed by atoms with Gasteiger partial charge in [0.05, 0.1) is 0 Å². The molecular weight excluding hydrogens is 400 g/mol. The van der Waals surface area contributed by atoms with Crippen molar-refractivity contribution in [3.8, 4) is 44.9 Å². The highest BCUT2D eigenvalue weighted by atomic mass is 16.3. The predicted octanol–water partition coefficient (Wildman–Crippen LogP) is 9.10. The second-order valence-electron chi connectivity index (χ2n) is 8.13. The average Bonchev–Trinajstić information content (AvgIpc) is 3.29. The summed E-state index contributed by atoms with van der Waals surface area (Å²) in [7, 11) is 0. The van der Waals surface area contributed by atoms with Crippen LogP contribution in [0.15, 0.2) is 138 Å². The van der Waals surface area contributed by atoms with Crippen molar-refractivity contribution < 1.29 is 4.42 Å². The van der Waals surface area contributed by atoms with Crippen molar-refractivity contribution >= 4 is 10.8 Å². The molecule has 33 heavy (non-hydrogen) atoms. The molecule has 0 unspecified atom stereocenters. The molecule has 0 N–H and O–H groups in total. The van der Waals surface area contributed by atoms with Crippen LogP contribution in [0.5, 0.6) is 0 Å². The van der Waals surface area contributed by atoms with E-state index >= 15 is 0 Å².